The first kappa shape index (κ1) is 19.0. The van der Waals surface area contributed by atoms with Gasteiger partial charge in [0.25, 0.3) is 11.4 Å². The molecule has 0 fully saturated rings. The fourth-order valence-corrected chi connectivity index (χ4v) is 2.83. The average Bonchev–Trinajstić information content (AvgIpc) is 2.52. The van der Waals surface area contributed by atoms with Crippen LogP contribution >= 0.6 is 0 Å². The molecule has 0 aromatic carbocycles. The molecule has 0 spiro atoms. The van der Waals surface area contributed by atoms with E-state index >= 15 is 0 Å². The fourth-order valence-electron chi connectivity index (χ4n) is 2.83. The molecule has 10 nitrogen and oxygen atoms in total. The molecule has 0 aliphatic carbocycles. The molecule has 1 unspecified atom stereocenters. The quantitative estimate of drug-likeness (QED) is 0.479. The van der Waals surface area contributed by atoms with Gasteiger partial charge >= 0.3 is 5.97 Å². The monoisotopic (exact) mass is 362 g/mol. The molecule has 0 saturated carbocycles. The van der Waals surface area contributed by atoms with Gasteiger partial charge in [0, 0.05) is 18.0 Å². The number of ether oxygens (including phenoxy) is 1. The van der Waals surface area contributed by atoms with Crippen LogP contribution in [0.15, 0.2) is 41.0 Å². The lowest BCUT2D eigenvalue weighted by Crippen LogP contribution is -2.33. The summed E-state index contributed by atoms with van der Waals surface area (Å²) in [6, 6.07) is 2.55. The molecule has 1 aliphatic rings. The summed E-state index contributed by atoms with van der Waals surface area (Å²) in [5.41, 5.74) is -0.539. The first-order valence-electron chi connectivity index (χ1n) is 7.78. The van der Waals surface area contributed by atoms with Crippen molar-refractivity contribution in [2.24, 2.45) is 0 Å². The molecular weight excluding hydrogens is 344 g/mol. The van der Waals surface area contributed by atoms with Crippen LogP contribution in [0.3, 0.4) is 0 Å². The molecule has 0 bridgehead atoms. The summed E-state index contributed by atoms with van der Waals surface area (Å²) in [6.07, 6.45) is 0.825. The summed E-state index contributed by atoms with van der Waals surface area (Å²) in [4.78, 5) is 38.3. The second-order valence-electron chi connectivity index (χ2n) is 5.98. The molecule has 0 amide bonds. The molecule has 1 aromatic heterocycles. The minimum atomic E-state index is -1.32. The van der Waals surface area contributed by atoms with Crippen molar-refractivity contribution < 1.29 is 19.4 Å². The number of carbonyl (C=O) groups excluding carboxylic acids is 1. The van der Waals surface area contributed by atoms with E-state index in [1.165, 1.54) is 25.3 Å². The first-order chi connectivity index (χ1) is 12.1. The predicted molar refractivity (Wildman–Crippen MR) is 90.4 cm³/mol. The van der Waals surface area contributed by atoms with Crippen LogP contribution in [0.2, 0.25) is 0 Å². The number of hydrogen-bond donors (Lipinski definition) is 1. The molecular formula is C16H18N4O6. The predicted octanol–water partition coefficient (Wildman–Crippen LogP) is 2.41. The number of nitrogens with one attached hydrogen (secondary N) is 1. The van der Waals surface area contributed by atoms with Gasteiger partial charge in [-0.1, -0.05) is 0 Å². The van der Waals surface area contributed by atoms with E-state index in [0.717, 1.165) is 0 Å². The highest BCUT2D eigenvalue weighted by Crippen LogP contribution is 2.41. The van der Waals surface area contributed by atoms with E-state index in [4.69, 9.17) is 4.74 Å². The van der Waals surface area contributed by atoms with Gasteiger partial charge in [0.2, 0.25) is 0 Å². The zero-order valence-electron chi connectivity index (χ0n) is 14.7. The summed E-state index contributed by atoms with van der Waals surface area (Å²) in [5.74, 6) is -2.11. The van der Waals surface area contributed by atoms with Crippen molar-refractivity contribution in [1.82, 2.24) is 10.3 Å². The second kappa shape index (κ2) is 7.30. The second-order valence-corrected chi connectivity index (χ2v) is 5.98. The third kappa shape index (κ3) is 3.53. The number of carbonyl (C=O) groups is 1. The Hall–Kier alpha value is -3.30. The number of rotatable bonds is 5. The molecule has 1 aromatic rings. The number of pyridine rings is 1. The number of esters is 1. The molecule has 0 radical (unpaired) electrons. The normalized spacial score (nSPS) is 17.2. The summed E-state index contributed by atoms with van der Waals surface area (Å²) in [5, 5.41) is 25.8. The van der Waals surface area contributed by atoms with Gasteiger partial charge in [-0.2, -0.15) is 0 Å². The summed E-state index contributed by atoms with van der Waals surface area (Å²) in [6.45, 7) is 6.29. The third-order valence-electron chi connectivity index (χ3n) is 3.77. The van der Waals surface area contributed by atoms with Crippen LogP contribution in [-0.4, -0.2) is 26.9 Å². The Labute approximate surface area is 148 Å². The number of nitrogens with zero attached hydrogens (tertiary/aromatic N) is 3. The van der Waals surface area contributed by atoms with E-state index in [0.29, 0.717) is 5.70 Å². The zero-order valence-corrected chi connectivity index (χ0v) is 14.7. The number of hydrogen-bond acceptors (Lipinski definition) is 8. The van der Waals surface area contributed by atoms with E-state index < -0.39 is 33.5 Å². The Morgan fingerprint density at radius 1 is 1.23 bits per heavy atom. The van der Waals surface area contributed by atoms with E-state index in [1.54, 1.807) is 20.8 Å². The van der Waals surface area contributed by atoms with Gasteiger partial charge in [-0.3, -0.25) is 25.2 Å². The average molecular weight is 362 g/mol. The molecule has 1 N–H and O–H groups in total. The van der Waals surface area contributed by atoms with Gasteiger partial charge in [-0.05, 0) is 33.8 Å². The van der Waals surface area contributed by atoms with E-state index in [1.807, 2.05) is 0 Å². The molecule has 26 heavy (non-hydrogen) atoms. The SMILES string of the molecule is CC1=C(C(=O)OC(C)C)C(c2ncccc2[N+](=O)[O-])C([N+](=O)[O-])=C(C)N1. The number of aromatic nitrogens is 1. The maximum absolute atomic E-state index is 12.6. The molecule has 0 saturated heterocycles. The van der Waals surface area contributed by atoms with Crippen molar-refractivity contribution in [2.45, 2.75) is 39.7 Å². The molecule has 138 valence electrons. The van der Waals surface area contributed by atoms with Crippen LogP contribution < -0.4 is 5.32 Å². The van der Waals surface area contributed by atoms with Gasteiger partial charge in [0.05, 0.1) is 27.2 Å². The van der Waals surface area contributed by atoms with Crippen LogP contribution in [0, 0.1) is 20.2 Å². The Morgan fingerprint density at radius 2 is 1.88 bits per heavy atom. The standard InChI is InChI=1S/C16H18N4O6/c1-8(2)26-16(21)12-9(3)18-10(4)15(20(24)25)13(12)14-11(19(22)23)6-5-7-17-14/h5-8,13,18H,1-4H3. The van der Waals surface area contributed by atoms with Gasteiger partial charge < -0.3 is 10.1 Å². The molecule has 10 heteroatoms. The van der Waals surface area contributed by atoms with Crippen molar-refractivity contribution in [1.29, 1.82) is 0 Å². The van der Waals surface area contributed by atoms with E-state index in [-0.39, 0.29) is 22.7 Å². The van der Waals surface area contributed by atoms with Gasteiger partial charge in [-0.15, -0.1) is 0 Å². The van der Waals surface area contributed by atoms with Crippen LogP contribution in [0.1, 0.15) is 39.3 Å². The molecule has 2 rings (SSSR count). The van der Waals surface area contributed by atoms with Gasteiger partial charge in [0.1, 0.15) is 11.6 Å². The number of nitro groups is 2. The van der Waals surface area contributed by atoms with Crippen molar-refractivity contribution in [3.8, 4) is 0 Å². The Kier molecular flexibility index (Phi) is 5.34. The lowest BCUT2D eigenvalue weighted by Gasteiger charge is -2.26. The topological polar surface area (TPSA) is 138 Å². The van der Waals surface area contributed by atoms with Crippen LogP contribution in [0.25, 0.3) is 0 Å². The van der Waals surface area contributed by atoms with E-state index in [2.05, 4.69) is 10.3 Å². The Bertz CT molecular complexity index is 843. The number of allylic oxidation sites excluding steroid dienone is 3. The highest BCUT2D eigenvalue weighted by molar-refractivity contribution is 5.92. The lowest BCUT2D eigenvalue weighted by atomic mass is 9.86. The smallest absolute Gasteiger partial charge is 0.337 e. The molecule has 1 atom stereocenters. The summed E-state index contributed by atoms with van der Waals surface area (Å²) < 4.78 is 5.20. The van der Waals surface area contributed by atoms with E-state index in [9.17, 15) is 25.0 Å². The Morgan fingerprint density at radius 3 is 2.42 bits per heavy atom. The number of dihydropyridines is 1. The summed E-state index contributed by atoms with van der Waals surface area (Å²) >= 11 is 0. The zero-order chi connectivity index (χ0) is 19.6. The highest BCUT2D eigenvalue weighted by atomic mass is 16.6. The van der Waals surface area contributed by atoms with Crippen LogP contribution in [0.4, 0.5) is 5.69 Å². The highest BCUT2D eigenvalue weighted by Gasteiger charge is 2.44. The first-order valence-corrected chi connectivity index (χ1v) is 7.78. The van der Waals surface area contributed by atoms with Gasteiger partial charge in [0.15, 0.2) is 0 Å². The minimum absolute atomic E-state index is 0.0715. The van der Waals surface area contributed by atoms with Crippen molar-refractivity contribution in [3.05, 3.63) is 66.9 Å². The maximum atomic E-state index is 12.6. The van der Waals surface area contributed by atoms with Crippen LogP contribution in [-0.2, 0) is 9.53 Å². The molecule has 2 heterocycles. The van der Waals surface area contributed by atoms with Crippen molar-refractivity contribution in [2.75, 3.05) is 0 Å². The largest absolute Gasteiger partial charge is 0.460 e. The summed E-state index contributed by atoms with van der Waals surface area (Å²) in [7, 11) is 0. The van der Waals surface area contributed by atoms with Crippen LogP contribution in [0.5, 0.6) is 0 Å². The fraction of sp³-hybridized carbons (Fsp3) is 0.375. The van der Waals surface area contributed by atoms with Crippen molar-refractivity contribution >= 4 is 11.7 Å². The Balaban J connectivity index is 2.75. The van der Waals surface area contributed by atoms with Crippen molar-refractivity contribution in [3.63, 3.8) is 0 Å². The third-order valence-corrected chi connectivity index (χ3v) is 3.77. The lowest BCUT2D eigenvalue weighted by molar-refractivity contribution is -0.431. The van der Waals surface area contributed by atoms with Gasteiger partial charge in [-0.25, -0.2) is 4.79 Å². The molecule has 1 aliphatic heterocycles. The minimum Gasteiger partial charge on any atom is -0.460 e. The maximum Gasteiger partial charge on any atom is 0.337 e.